The highest BCUT2D eigenvalue weighted by atomic mass is 16.6. The summed E-state index contributed by atoms with van der Waals surface area (Å²) in [4.78, 5) is 22.8. The molecule has 136 valence electrons. The summed E-state index contributed by atoms with van der Waals surface area (Å²) in [5, 5.41) is 0. The summed E-state index contributed by atoms with van der Waals surface area (Å²) in [6, 6.07) is 3.39. The van der Waals surface area contributed by atoms with Crippen LogP contribution in [0.4, 0.5) is 0 Å². The number of esters is 2. The van der Waals surface area contributed by atoms with Crippen molar-refractivity contribution in [1.82, 2.24) is 0 Å². The van der Waals surface area contributed by atoms with Crippen LogP contribution in [-0.4, -0.2) is 46.5 Å². The number of carbonyl (C=O) groups excluding carboxylic acids is 2. The lowest BCUT2D eigenvalue weighted by atomic mass is 10.1. The number of hydrogen-bond acceptors (Lipinski definition) is 7. The third-order valence-corrected chi connectivity index (χ3v) is 3.01. The van der Waals surface area contributed by atoms with Crippen LogP contribution in [0.1, 0.15) is 12.5 Å². The Morgan fingerprint density at radius 3 is 2.04 bits per heavy atom. The Balaban J connectivity index is 2.64. The van der Waals surface area contributed by atoms with Crippen molar-refractivity contribution >= 4 is 18.0 Å². The smallest absolute Gasteiger partial charge is 0.333 e. The van der Waals surface area contributed by atoms with Gasteiger partial charge in [0.1, 0.15) is 13.2 Å². The fraction of sp³-hybridized carbons (Fsp3) is 0.333. The minimum Gasteiger partial charge on any atom is -0.493 e. The van der Waals surface area contributed by atoms with Gasteiger partial charge in [0.25, 0.3) is 0 Å². The maximum Gasteiger partial charge on any atom is 0.333 e. The van der Waals surface area contributed by atoms with Crippen LogP contribution in [0.15, 0.2) is 30.4 Å². The number of methoxy groups -OCH3 is 3. The molecule has 0 aliphatic rings. The molecule has 0 saturated heterocycles. The Kier molecular flexibility index (Phi) is 8.05. The van der Waals surface area contributed by atoms with Crippen LogP contribution in [0.5, 0.6) is 17.2 Å². The fourth-order valence-electron chi connectivity index (χ4n) is 1.81. The van der Waals surface area contributed by atoms with Gasteiger partial charge in [-0.2, -0.15) is 0 Å². The van der Waals surface area contributed by atoms with E-state index in [1.807, 2.05) is 0 Å². The van der Waals surface area contributed by atoms with Gasteiger partial charge in [-0.3, -0.25) is 0 Å². The van der Waals surface area contributed by atoms with Crippen LogP contribution in [0.25, 0.3) is 6.08 Å². The number of carbonyl (C=O) groups is 2. The van der Waals surface area contributed by atoms with Crippen LogP contribution < -0.4 is 14.2 Å². The van der Waals surface area contributed by atoms with Gasteiger partial charge in [0.2, 0.25) is 5.75 Å². The molecule has 1 aromatic rings. The lowest BCUT2D eigenvalue weighted by Crippen LogP contribution is -2.12. The van der Waals surface area contributed by atoms with Crippen molar-refractivity contribution in [1.29, 1.82) is 0 Å². The van der Waals surface area contributed by atoms with Crippen molar-refractivity contribution < 1.29 is 33.3 Å². The summed E-state index contributed by atoms with van der Waals surface area (Å²) in [7, 11) is 4.52. The van der Waals surface area contributed by atoms with Gasteiger partial charge in [-0.25, -0.2) is 9.59 Å². The van der Waals surface area contributed by atoms with E-state index < -0.39 is 11.9 Å². The molecule has 0 saturated carbocycles. The number of benzene rings is 1. The van der Waals surface area contributed by atoms with Crippen molar-refractivity contribution in [3.05, 3.63) is 35.9 Å². The van der Waals surface area contributed by atoms with E-state index in [0.29, 0.717) is 22.8 Å². The largest absolute Gasteiger partial charge is 0.493 e. The van der Waals surface area contributed by atoms with Crippen LogP contribution >= 0.6 is 0 Å². The van der Waals surface area contributed by atoms with E-state index in [1.54, 1.807) is 18.2 Å². The highest BCUT2D eigenvalue weighted by Crippen LogP contribution is 2.38. The first-order chi connectivity index (χ1) is 11.9. The van der Waals surface area contributed by atoms with E-state index in [1.165, 1.54) is 34.3 Å². The van der Waals surface area contributed by atoms with Crippen LogP contribution in [0.3, 0.4) is 0 Å². The molecule has 0 aromatic heterocycles. The standard InChI is InChI=1S/C18H22O7/c1-12(2)18(20)25-9-8-24-16(19)7-6-13-10-14(21-3)17(23-5)15(11-13)22-4/h6-7,10-11H,1,8-9H2,2-5H3. The molecule has 0 amide bonds. The Morgan fingerprint density at radius 2 is 1.56 bits per heavy atom. The van der Waals surface area contributed by atoms with Crippen molar-refractivity contribution in [2.75, 3.05) is 34.5 Å². The highest BCUT2D eigenvalue weighted by molar-refractivity contribution is 5.88. The summed E-state index contributed by atoms with van der Waals surface area (Å²) in [5.74, 6) is 0.316. The van der Waals surface area contributed by atoms with Crippen LogP contribution in [0, 0.1) is 0 Å². The van der Waals surface area contributed by atoms with E-state index in [0.717, 1.165) is 0 Å². The van der Waals surface area contributed by atoms with Gasteiger partial charge >= 0.3 is 11.9 Å². The maximum atomic E-state index is 11.7. The molecule has 7 heteroatoms. The van der Waals surface area contributed by atoms with Crippen molar-refractivity contribution in [2.24, 2.45) is 0 Å². The Morgan fingerprint density at radius 1 is 1.00 bits per heavy atom. The van der Waals surface area contributed by atoms with Gasteiger partial charge in [-0.1, -0.05) is 6.58 Å². The second-order valence-electron chi connectivity index (χ2n) is 4.88. The topological polar surface area (TPSA) is 80.3 Å². The molecule has 1 rings (SSSR count). The molecule has 0 aliphatic carbocycles. The summed E-state index contributed by atoms with van der Waals surface area (Å²) >= 11 is 0. The summed E-state index contributed by atoms with van der Waals surface area (Å²) in [6.45, 7) is 4.91. The second-order valence-corrected chi connectivity index (χ2v) is 4.88. The molecule has 0 bridgehead atoms. The van der Waals surface area contributed by atoms with Crippen LogP contribution in [-0.2, 0) is 19.1 Å². The molecular weight excluding hydrogens is 328 g/mol. The minimum absolute atomic E-state index is 0.0323. The molecular formula is C18H22O7. The third kappa shape index (κ3) is 6.21. The van der Waals surface area contributed by atoms with Crippen LogP contribution in [0.2, 0.25) is 0 Å². The summed E-state index contributed by atoms with van der Waals surface area (Å²) in [5.41, 5.74) is 0.953. The normalized spacial score (nSPS) is 10.2. The molecule has 0 fully saturated rings. The van der Waals surface area contributed by atoms with Gasteiger partial charge in [-0.05, 0) is 30.7 Å². The quantitative estimate of drug-likeness (QED) is 0.384. The van der Waals surface area contributed by atoms with E-state index in [4.69, 9.17) is 23.7 Å². The lowest BCUT2D eigenvalue weighted by Gasteiger charge is -2.12. The average molecular weight is 350 g/mol. The van der Waals surface area contributed by atoms with E-state index >= 15 is 0 Å². The lowest BCUT2D eigenvalue weighted by molar-refractivity contribution is -0.146. The predicted molar refractivity (Wildman–Crippen MR) is 91.9 cm³/mol. The molecule has 0 aliphatic heterocycles. The monoisotopic (exact) mass is 350 g/mol. The van der Waals surface area contributed by atoms with E-state index in [2.05, 4.69) is 6.58 Å². The molecule has 25 heavy (non-hydrogen) atoms. The molecule has 0 heterocycles. The summed E-state index contributed by atoms with van der Waals surface area (Å²) < 4.78 is 25.4. The maximum absolute atomic E-state index is 11.7. The highest BCUT2D eigenvalue weighted by Gasteiger charge is 2.12. The first-order valence-corrected chi connectivity index (χ1v) is 7.40. The third-order valence-electron chi connectivity index (χ3n) is 3.01. The van der Waals surface area contributed by atoms with Gasteiger partial charge < -0.3 is 23.7 Å². The number of ether oxygens (including phenoxy) is 5. The van der Waals surface area contributed by atoms with Gasteiger partial charge in [0, 0.05) is 11.6 Å². The van der Waals surface area contributed by atoms with Crippen molar-refractivity contribution in [3.8, 4) is 17.2 Å². The van der Waals surface area contributed by atoms with E-state index in [-0.39, 0.29) is 18.8 Å². The van der Waals surface area contributed by atoms with Gasteiger partial charge in [0.05, 0.1) is 21.3 Å². The Labute approximate surface area is 146 Å². The second kappa shape index (κ2) is 10.0. The SMILES string of the molecule is C=C(C)C(=O)OCCOC(=O)C=Cc1cc(OC)c(OC)c(OC)c1. The molecule has 1 aromatic carbocycles. The van der Waals surface area contributed by atoms with Crippen molar-refractivity contribution in [3.63, 3.8) is 0 Å². The van der Waals surface area contributed by atoms with Gasteiger partial charge in [0.15, 0.2) is 11.5 Å². The molecule has 0 atom stereocenters. The molecule has 0 spiro atoms. The molecule has 0 N–H and O–H groups in total. The Bertz CT molecular complexity index is 636. The number of hydrogen-bond donors (Lipinski definition) is 0. The minimum atomic E-state index is -0.569. The molecule has 0 unspecified atom stereocenters. The predicted octanol–water partition coefficient (Wildman–Crippen LogP) is 2.39. The molecule has 0 radical (unpaired) electrons. The molecule has 7 nitrogen and oxygen atoms in total. The Hall–Kier alpha value is -2.96. The average Bonchev–Trinajstić information content (AvgIpc) is 2.61. The summed E-state index contributed by atoms with van der Waals surface area (Å²) in [6.07, 6.45) is 2.80. The first-order valence-electron chi connectivity index (χ1n) is 7.40. The van der Waals surface area contributed by atoms with E-state index in [9.17, 15) is 9.59 Å². The zero-order chi connectivity index (χ0) is 18.8. The van der Waals surface area contributed by atoms with Gasteiger partial charge in [-0.15, -0.1) is 0 Å². The fourth-order valence-corrected chi connectivity index (χ4v) is 1.81. The first kappa shape index (κ1) is 20.1. The zero-order valence-electron chi connectivity index (χ0n) is 14.8. The zero-order valence-corrected chi connectivity index (χ0v) is 14.8. The van der Waals surface area contributed by atoms with Crippen molar-refractivity contribution in [2.45, 2.75) is 6.92 Å². The number of rotatable bonds is 9.